The molecule has 0 aliphatic rings. The SMILES string of the molecule is C=C(C(=O)O)c1cccc2cn[nH]c12. The van der Waals surface area contributed by atoms with Crippen molar-refractivity contribution in [1.82, 2.24) is 10.2 Å². The van der Waals surface area contributed by atoms with Gasteiger partial charge in [0.15, 0.2) is 0 Å². The summed E-state index contributed by atoms with van der Waals surface area (Å²) >= 11 is 0. The number of nitrogens with one attached hydrogen (secondary N) is 1. The van der Waals surface area contributed by atoms with Crippen LogP contribution in [0.15, 0.2) is 31.0 Å². The lowest BCUT2D eigenvalue weighted by molar-refractivity contribution is -0.130. The van der Waals surface area contributed by atoms with Crippen molar-refractivity contribution in [1.29, 1.82) is 0 Å². The second-order valence-corrected chi connectivity index (χ2v) is 2.92. The Morgan fingerprint density at radius 3 is 3.00 bits per heavy atom. The fourth-order valence-electron chi connectivity index (χ4n) is 1.34. The Balaban J connectivity index is 2.67. The molecule has 70 valence electrons. The van der Waals surface area contributed by atoms with E-state index in [4.69, 9.17) is 5.11 Å². The van der Waals surface area contributed by atoms with Crippen LogP contribution in [0, 0.1) is 0 Å². The lowest BCUT2D eigenvalue weighted by atomic mass is 10.1. The zero-order chi connectivity index (χ0) is 10.1. The highest BCUT2D eigenvalue weighted by atomic mass is 16.4. The van der Waals surface area contributed by atoms with E-state index in [9.17, 15) is 4.79 Å². The Hall–Kier alpha value is -2.10. The number of carboxylic acid groups (broad SMARTS) is 1. The van der Waals surface area contributed by atoms with E-state index < -0.39 is 5.97 Å². The zero-order valence-electron chi connectivity index (χ0n) is 7.32. The number of rotatable bonds is 2. The third kappa shape index (κ3) is 1.17. The summed E-state index contributed by atoms with van der Waals surface area (Å²) in [6.45, 7) is 3.51. The molecule has 1 aromatic heterocycles. The third-order valence-corrected chi connectivity index (χ3v) is 2.06. The molecule has 4 nitrogen and oxygen atoms in total. The number of hydrogen-bond donors (Lipinski definition) is 2. The Kier molecular flexibility index (Phi) is 1.81. The molecule has 0 atom stereocenters. The fraction of sp³-hybridized carbons (Fsp3) is 0. The van der Waals surface area contributed by atoms with Gasteiger partial charge in [-0.3, -0.25) is 5.10 Å². The summed E-state index contributed by atoms with van der Waals surface area (Å²) in [4.78, 5) is 10.7. The predicted molar refractivity (Wildman–Crippen MR) is 52.8 cm³/mol. The molecule has 0 unspecified atom stereocenters. The Morgan fingerprint density at radius 2 is 2.29 bits per heavy atom. The number of carboxylic acids is 1. The van der Waals surface area contributed by atoms with E-state index >= 15 is 0 Å². The molecule has 0 aliphatic carbocycles. The largest absolute Gasteiger partial charge is 0.478 e. The Labute approximate surface area is 79.9 Å². The number of benzene rings is 1. The lowest BCUT2D eigenvalue weighted by Crippen LogP contribution is -1.98. The number of nitrogens with zero attached hydrogens (tertiary/aromatic N) is 1. The van der Waals surface area contributed by atoms with Crippen molar-refractivity contribution in [3.05, 3.63) is 36.5 Å². The molecule has 0 saturated heterocycles. The van der Waals surface area contributed by atoms with Gasteiger partial charge < -0.3 is 5.11 Å². The average Bonchev–Trinajstić information content (AvgIpc) is 2.63. The normalized spacial score (nSPS) is 10.3. The van der Waals surface area contributed by atoms with E-state index in [2.05, 4.69) is 16.8 Å². The van der Waals surface area contributed by atoms with Crippen molar-refractivity contribution in [2.45, 2.75) is 0 Å². The van der Waals surface area contributed by atoms with Gasteiger partial charge in [-0.15, -0.1) is 0 Å². The number of aromatic amines is 1. The molecule has 1 heterocycles. The van der Waals surface area contributed by atoms with Crippen LogP contribution in [0.3, 0.4) is 0 Å². The van der Waals surface area contributed by atoms with Crippen molar-refractivity contribution in [2.75, 3.05) is 0 Å². The fourth-order valence-corrected chi connectivity index (χ4v) is 1.34. The second kappa shape index (κ2) is 2.99. The van der Waals surface area contributed by atoms with Crippen LogP contribution in [0.1, 0.15) is 5.56 Å². The van der Waals surface area contributed by atoms with Crippen molar-refractivity contribution < 1.29 is 9.90 Å². The highest BCUT2D eigenvalue weighted by Gasteiger charge is 2.11. The number of fused-ring (bicyclic) bond motifs is 1. The summed E-state index contributed by atoms with van der Waals surface area (Å²) in [5, 5.41) is 16.3. The first-order valence-electron chi connectivity index (χ1n) is 4.05. The molecule has 0 amide bonds. The van der Waals surface area contributed by atoms with Crippen LogP contribution in [-0.2, 0) is 4.79 Å². The Morgan fingerprint density at radius 1 is 1.50 bits per heavy atom. The maximum Gasteiger partial charge on any atom is 0.335 e. The van der Waals surface area contributed by atoms with E-state index in [0.29, 0.717) is 11.1 Å². The van der Waals surface area contributed by atoms with Crippen molar-refractivity contribution in [3.8, 4) is 0 Å². The predicted octanol–water partition coefficient (Wildman–Crippen LogP) is 1.66. The van der Waals surface area contributed by atoms with Gasteiger partial charge in [0, 0.05) is 10.9 Å². The lowest BCUT2D eigenvalue weighted by Gasteiger charge is -2.01. The summed E-state index contributed by atoms with van der Waals surface area (Å²) in [5.74, 6) is -1.02. The number of aromatic nitrogens is 2. The summed E-state index contributed by atoms with van der Waals surface area (Å²) in [6, 6.07) is 5.34. The van der Waals surface area contributed by atoms with E-state index in [1.807, 2.05) is 6.07 Å². The van der Waals surface area contributed by atoms with Gasteiger partial charge in [0.2, 0.25) is 0 Å². The highest BCUT2D eigenvalue weighted by Crippen LogP contribution is 2.21. The minimum Gasteiger partial charge on any atom is -0.478 e. The monoisotopic (exact) mass is 188 g/mol. The molecular weight excluding hydrogens is 180 g/mol. The van der Waals surface area contributed by atoms with Crippen LogP contribution >= 0.6 is 0 Å². The molecule has 0 radical (unpaired) electrons. The van der Waals surface area contributed by atoms with Crippen LogP contribution < -0.4 is 0 Å². The molecule has 2 aromatic rings. The van der Waals surface area contributed by atoms with E-state index in [1.165, 1.54) is 0 Å². The van der Waals surface area contributed by atoms with Gasteiger partial charge >= 0.3 is 5.97 Å². The molecule has 0 spiro atoms. The molecule has 14 heavy (non-hydrogen) atoms. The smallest absolute Gasteiger partial charge is 0.335 e. The van der Waals surface area contributed by atoms with Crippen molar-refractivity contribution >= 4 is 22.4 Å². The van der Waals surface area contributed by atoms with E-state index in [-0.39, 0.29) is 5.57 Å². The highest BCUT2D eigenvalue weighted by molar-refractivity contribution is 6.17. The number of para-hydroxylation sites is 1. The van der Waals surface area contributed by atoms with Gasteiger partial charge in [-0.05, 0) is 0 Å². The first kappa shape index (κ1) is 8.50. The van der Waals surface area contributed by atoms with Crippen LogP contribution in [0.25, 0.3) is 16.5 Å². The van der Waals surface area contributed by atoms with Crippen molar-refractivity contribution in [2.24, 2.45) is 0 Å². The molecule has 1 aromatic carbocycles. The molecule has 0 aliphatic heterocycles. The summed E-state index contributed by atoms with van der Waals surface area (Å²) in [6.07, 6.45) is 1.65. The van der Waals surface area contributed by atoms with E-state index in [1.54, 1.807) is 18.3 Å². The molecule has 4 heteroatoms. The topological polar surface area (TPSA) is 66.0 Å². The van der Waals surface area contributed by atoms with Crippen molar-refractivity contribution in [3.63, 3.8) is 0 Å². The van der Waals surface area contributed by atoms with Gasteiger partial charge in [0.1, 0.15) is 0 Å². The van der Waals surface area contributed by atoms with Gasteiger partial charge in [0.05, 0.1) is 17.3 Å². The standard InChI is InChI=1S/C10H8N2O2/c1-6(10(13)14)8-4-2-3-7-5-11-12-9(7)8/h2-5H,1H2,(H,11,12)(H,13,14). The maximum atomic E-state index is 10.7. The molecule has 0 saturated carbocycles. The van der Waals surface area contributed by atoms with Crippen LogP contribution in [-0.4, -0.2) is 21.3 Å². The summed E-state index contributed by atoms with van der Waals surface area (Å²) in [5.41, 5.74) is 1.35. The zero-order valence-corrected chi connectivity index (χ0v) is 7.32. The second-order valence-electron chi connectivity index (χ2n) is 2.92. The summed E-state index contributed by atoms with van der Waals surface area (Å²) in [7, 11) is 0. The maximum absolute atomic E-state index is 10.7. The first-order chi connectivity index (χ1) is 6.70. The minimum absolute atomic E-state index is 0.0693. The van der Waals surface area contributed by atoms with Gasteiger partial charge in [-0.1, -0.05) is 24.8 Å². The molecule has 2 N–H and O–H groups in total. The minimum atomic E-state index is -1.02. The van der Waals surface area contributed by atoms with Crippen LogP contribution in [0.4, 0.5) is 0 Å². The number of H-pyrrole nitrogens is 1. The number of hydrogen-bond acceptors (Lipinski definition) is 2. The van der Waals surface area contributed by atoms with Crippen LogP contribution in [0.2, 0.25) is 0 Å². The number of carbonyl (C=O) groups is 1. The van der Waals surface area contributed by atoms with E-state index in [0.717, 1.165) is 5.39 Å². The van der Waals surface area contributed by atoms with Gasteiger partial charge in [-0.2, -0.15) is 5.10 Å². The van der Waals surface area contributed by atoms with Gasteiger partial charge in [0.25, 0.3) is 0 Å². The van der Waals surface area contributed by atoms with Gasteiger partial charge in [-0.25, -0.2) is 4.79 Å². The Bertz CT molecular complexity index is 514. The first-order valence-corrected chi connectivity index (χ1v) is 4.05. The van der Waals surface area contributed by atoms with Crippen LogP contribution in [0.5, 0.6) is 0 Å². The molecular formula is C10H8N2O2. The summed E-state index contributed by atoms with van der Waals surface area (Å²) < 4.78 is 0. The quantitative estimate of drug-likeness (QED) is 0.704. The molecule has 2 rings (SSSR count). The number of aliphatic carboxylic acids is 1. The molecule has 0 fully saturated rings. The third-order valence-electron chi connectivity index (χ3n) is 2.06. The molecule has 0 bridgehead atoms. The average molecular weight is 188 g/mol.